The maximum Gasteiger partial charge on any atom is 0.236 e. The SMILES string of the molecule is NCC(=O)N1CCC(c2ccncc2)(c2ccc(Cl)c(Cl)c2)C(c2ncc[nH]2)C1. The number of carbonyl (C=O) groups excluding carboxylic acids is 1. The van der Waals surface area contributed by atoms with Crippen LogP contribution in [0, 0.1) is 0 Å². The molecule has 8 heteroatoms. The summed E-state index contributed by atoms with van der Waals surface area (Å²) in [5.74, 6) is 0.614. The van der Waals surface area contributed by atoms with Crippen LogP contribution in [0.1, 0.15) is 29.3 Å². The van der Waals surface area contributed by atoms with Crippen LogP contribution in [0.15, 0.2) is 55.1 Å². The van der Waals surface area contributed by atoms with Crippen LogP contribution in [-0.4, -0.2) is 45.4 Å². The first-order chi connectivity index (χ1) is 14.1. The van der Waals surface area contributed by atoms with E-state index in [1.165, 1.54) is 0 Å². The van der Waals surface area contributed by atoms with Crippen LogP contribution < -0.4 is 5.73 Å². The van der Waals surface area contributed by atoms with Crippen LogP contribution in [-0.2, 0) is 10.2 Å². The number of amides is 1. The number of pyridine rings is 1. The summed E-state index contributed by atoms with van der Waals surface area (Å²) in [5, 5.41) is 1.00. The maximum atomic E-state index is 12.4. The molecular formula is C21H21Cl2N5O. The third-order valence-electron chi connectivity index (χ3n) is 5.78. The summed E-state index contributed by atoms with van der Waals surface area (Å²) in [4.78, 5) is 26.2. The first-order valence-electron chi connectivity index (χ1n) is 9.39. The monoisotopic (exact) mass is 429 g/mol. The highest BCUT2D eigenvalue weighted by molar-refractivity contribution is 6.42. The summed E-state index contributed by atoms with van der Waals surface area (Å²) in [6, 6.07) is 9.77. The Morgan fingerprint density at radius 1 is 1.17 bits per heavy atom. The molecule has 1 aromatic carbocycles. The first-order valence-corrected chi connectivity index (χ1v) is 10.1. The summed E-state index contributed by atoms with van der Waals surface area (Å²) in [5.41, 5.74) is 7.30. The van der Waals surface area contributed by atoms with Gasteiger partial charge in [-0.25, -0.2) is 4.98 Å². The van der Waals surface area contributed by atoms with Crippen molar-refractivity contribution in [2.24, 2.45) is 5.73 Å². The number of halogens is 2. The number of likely N-dealkylation sites (tertiary alicyclic amines) is 1. The molecule has 1 amide bonds. The molecule has 0 aliphatic carbocycles. The highest BCUT2D eigenvalue weighted by atomic mass is 35.5. The molecule has 3 aromatic rings. The molecule has 0 spiro atoms. The van der Waals surface area contributed by atoms with Crippen molar-refractivity contribution in [3.8, 4) is 0 Å². The Labute approximate surface area is 179 Å². The molecule has 29 heavy (non-hydrogen) atoms. The minimum absolute atomic E-state index is 0.0140. The summed E-state index contributed by atoms with van der Waals surface area (Å²) in [6.07, 6.45) is 7.78. The Hall–Kier alpha value is -2.41. The zero-order valence-corrected chi connectivity index (χ0v) is 17.2. The minimum atomic E-state index is -0.458. The van der Waals surface area contributed by atoms with Crippen molar-refractivity contribution in [3.05, 3.63) is 82.1 Å². The predicted octanol–water partition coefficient (Wildman–Crippen LogP) is 3.37. The van der Waals surface area contributed by atoms with Gasteiger partial charge >= 0.3 is 0 Å². The molecule has 3 heterocycles. The summed E-state index contributed by atoms with van der Waals surface area (Å²) < 4.78 is 0. The summed E-state index contributed by atoms with van der Waals surface area (Å²) in [7, 11) is 0. The van der Waals surface area contributed by atoms with Crippen LogP contribution in [0.2, 0.25) is 10.0 Å². The number of nitrogens with one attached hydrogen (secondary N) is 1. The Morgan fingerprint density at radius 3 is 2.62 bits per heavy atom. The zero-order chi connectivity index (χ0) is 20.4. The second-order valence-electron chi connectivity index (χ2n) is 7.16. The van der Waals surface area contributed by atoms with E-state index >= 15 is 0 Å². The lowest BCUT2D eigenvalue weighted by Crippen LogP contribution is -2.52. The number of piperidine rings is 1. The number of hydrogen-bond acceptors (Lipinski definition) is 4. The largest absolute Gasteiger partial charge is 0.348 e. The van der Waals surface area contributed by atoms with E-state index in [-0.39, 0.29) is 18.4 Å². The lowest BCUT2D eigenvalue weighted by Gasteiger charge is -2.48. The Morgan fingerprint density at radius 2 is 1.97 bits per heavy atom. The van der Waals surface area contributed by atoms with Crippen molar-refractivity contribution in [2.45, 2.75) is 17.8 Å². The number of aromatic amines is 1. The van der Waals surface area contributed by atoms with Gasteiger partial charge in [0.15, 0.2) is 0 Å². The van der Waals surface area contributed by atoms with Gasteiger partial charge in [-0.05, 0) is 41.8 Å². The number of imidazole rings is 1. The molecular weight excluding hydrogens is 409 g/mol. The molecule has 2 aromatic heterocycles. The van der Waals surface area contributed by atoms with Crippen LogP contribution in [0.5, 0.6) is 0 Å². The fourth-order valence-electron chi connectivity index (χ4n) is 4.38. The van der Waals surface area contributed by atoms with Crippen LogP contribution >= 0.6 is 23.2 Å². The summed E-state index contributed by atoms with van der Waals surface area (Å²) >= 11 is 12.6. The van der Waals surface area contributed by atoms with Crippen molar-refractivity contribution in [1.29, 1.82) is 0 Å². The van der Waals surface area contributed by atoms with Crippen molar-refractivity contribution in [3.63, 3.8) is 0 Å². The van der Waals surface area contributed by atoms with Crippen molar-refractivity contribution in [1.82, 2.24) is 19.9 Å². The highest BCUT2D eigenvalue weighted by Crippen LogP contribution is 2.50. The topological polar surface area (TPSA) is 87.9 Å². The number of H-pyrrole nitrogens is 1. The molecule has 1 saturated heterocycles. The molecule has 4 rings (SSSR count). The Balaban J connectivity index is 1.92. The fraction of sp³-hybridized carbons (Fsp3) is 0.286. The van der Waals surface area contributed by atoms with Crippen molar-refractivity contribution in [2.75, 3.05) is 19.6 Å². The van der Waals surface area contributed by atoms with Gasteiger partial charge in [-0.15, -0.1) is 0 Å². The Kier molecular flexibility index (Phi) is 5.58. The number of rotatable bonds is 4. The quantitative estimate of drug-likeness (QED) is 0.665. The molecule has 1 aliphatic heterocycles. The molecule has 3 N–H and O–H groups in total. The zero-order valence-electron chi connectivity index (χ0n) is 15.7. The van der Waals surface area contributed by atoms with Crippen LogP contribution in [0.3, 0.4) is 0 Å². The van der Waals surface area contributed by atoms with E-state index in [1.807, 2.05) is 35.2 Å². The lowest BCUT2D eigenvalue weighted by atomic mass is 9.61. The van der Waals surface area contributed by atoms with Gasteiger partial charge < -0.3 is 15.6 Å². The normalized spacial score (nSPS) is 21.9. The lowest BCUT2D eigenvalue weighted by molar-refractivity contribution is -0.131. The molecule has 0 bridgehead atoms. The van der Waals surface area contributed by atoms with E-state index in [0.29, 0.717) is 29.6 Å². The van der Waals surface area contributed by atoms with Gasteiger partial charge in [-0.1, -0.05) is 29.3 Å². The van der Waals surface area contributed by atoms with Gasteiger partial charge in [-0.2, -0.15) is 0 Å². The van der Waals surface area contributed by atoms with E-state index < -0.39 is 5.41 Å². The predicted molar refractivity (Wildman–Crippen MR) is 113 cm³/mol. The molecule has 6 nitrogen and oxygen atoms in total. The van der Waals surface area contributed by atoms with Gasteiger partial charge in [-0.3, -0.25) is 9.78 Å². The maximum absolute atomic E-state index is 12.4. The van der Waals surface area contributed by atoms with E-state index in [9.17, 15) is 4.79 Å². The smallest absolute Gasteiger partial charge is 0.236 e. The molecule has 0 saturated carbocycles. The number of nitrogens with zero attached hydrogens (tertiary/aromatic N) is 3. The van der Waals surface area contributed by atoms with E-state index in [4.69, 9.17) is 28.9 Å². The highest BCUT2D eigenvalue weighted by Gasteiger charge is 2.48. The van der Waals surface area contributed by atoms with Crippen LogP contribution in [0.4, 0.5) is 0 Å². The molecule has 0 radical (unpaired) electrons. The number of carbonyl (C=O) groups is 1. The number of aromatic nitrogens is 3. The van der Waals surface area contributed by atoms with Crippen molar-refractivity contribution >= 4 is 29.1 Å². The first kappa shape index (κ1) is 19.9. The molecule has 1 aliphatic rings. The Bertz CT molecular complexity index is 996. The average Bonchev–Trinajstić information content (AvgIpc) is 3.30. The van der Waals surface area contributed by atoms with Crippen molar-refractivity contribution < 1.29 is 4.79 Å². The van der Waals surface area contributed by atoms with E-state index in [0.717, 1.165) is 17.0 Å². The second kappa shape index (κ2) is 8.14. The number of nitrogens with two attached hydrogens (primary N) is 1. The molecule has 1 fully saturated rings. The molecule has 2 unspecified atom stereocenters. The standard InChI is InChI=1S/C21H21Cl2N5O/c22-17-2-1-15(11-18(17)23)21(14-3-6-25-7-4-14)5-10-28(19(29)12-24)13-16(21)20-26-8-9-27-20/h1-4,6-9,11,16H,5,10,12-13,24H2,(H,26,27). The van der Waals surface area contributed by atoms with Gasteiger partial charge in [0.25, 0.3) is 0 Å². The number of benzene rings is 1. The van der Waals surface area contributed by atoms with Gasteiger partial charge in [0.05, 0.1) is 16.6 Å². The van der Waals surface area contributed by atoms with Gasteiger partial charge in [0, 0.05) is 49.2 Å². The average molecular weight is 430 g/mol. The summed E-state index contributed by atoms with van der Waals surface area (Å²) in [6.45, 7) is 1.06. The van der Waals surface area contributed by atoms with Gasteiger partial charge in [0.1, 0.15) is 5.82 Å². The number of hydrogen-bond donors (Lipinski definition) is 2. The third kappa shape index (κ3) is 3.52. The minimum Gasteiger partial charge on any atom is -0.348 e. The van der Waals surface area contributed by atoms with E-state index in [2.05, 4.69) is 15.0 Å². The van der Waals surface area contributed by atoms with E-state index in [1.54, 1.807) is 24.8 Å². The fourth-order valence-corrected chi connectivity index (χ4v) is 4.68. The molecule has 150 valence electrons. The second-order valence-corrected chi connectivity index (χ2v) is 7.97. The van der Waals surface area contributed by atoms with Crippen LogP contribution in [0.25, 0.3) is 0 Å². The molecule has 2 atom stereocenters. The third-order valence-corrected chi connectivity index (χ3v) is 6.52. The van der Waals surface area contributed by atoms with Gasteiger partial charge in [0.2, 0.25) is 5.91 Å².